The van der Waals surface area contributed by atoms with Crippen LogP contribution in [0.5, 0.6) is 0 Å². The van der Waals surface area contributed by atoms with Gasteiger partial charge in [-0.1, -0.05) is 99.1 Å². The summed E-state index contributed by atoms with van der Waals surface area (Å²) in [5, 5.41) is 3.35. The van der Waals surface area contributed by atoms with E-state index in [0.29, 0.717) is 0 Å². The Hall–Kier alpha value is -1.19. The van der Waals surface area contributed by atoms with Gasteiger partial charge in [0.1, 0.15) is 0 Å². The van der Waals surface area contributed by atoms with Gasteiger partial charge in [-0.2, -0.15) is 5.19 Å². The van der Waals surface area contributed by atoms with Gasteiger partial charge >= 0.3 is 0 Å². The van der Waals surface area contributed by atoms with E-state index < -0.39 is 21.3 Å². The molecule has 43 heavy (non-hydrogen) atoms. The van der Waals surface area contributed by atoms with Crippen LogP contribution < -0.4 is 10.4 Å². The molecule has 2 aromatic heterocycles. The van der Waals surface area contributed by atoms with Gasteiger partial charge in [0, 0.05) is 37.5 Å². The third kappa shape index (κ3) is 9.19. The van der Waals surface area contributed by atoms with Crippen LogP contribution in [0.4, 0.5) is 0 Å². The summed E-state index contributed by atoms with van der Waals surface area (Å²) in [7, 11) is -0.382. The quantitative estimate of drug-likeness (QED) is 0.110. The third-order valence-corrected chi connectivity index (χ3v) is 16.9. The predicted molar refractivity (Wildman–Crippen MR) is 198 cm³/mol. The molecule has 240 valence electrons. The van der Waals surface area contributed by atoms with Gasteiger partial charge in [-0.15, -0.1) is 28.3 Å². The Morgan fingerprint density at radius 1 is 0.721 bits per heavy atom. The van der Waals surface area contributed by atoms with Gasteiger partial charge in [0.25, 0.3) is 0 Å². The summed E-state index contributed by atoms with van der Waals surface area (Å²) < 4.78 is 0. The van der Waals surface area contributed by atoms with E-state index in [-0.39, 0.29) is 35.3 Å². The standard InChI is InChI=1S/C31H49N2P2Si2.C5H5.Fe/c1-29(2,3)35(30(4,5)6)22-23-24(21-25(36(7,8)9)28(23)37(10,11)12)31(34,26-17-13-15-19-32-26)27-18-14-16-20-33-27;1-2-4-5-3-1;/h13-21H,22,34H2,1-12H3;1-5H;/q-1;-5;. The molecule has 2 aromatic carbocycles. The first-order valence-corrected chi connectivity index (χ1v) is 24.3. The summed E-state index contributed by atoms with van der Waals surface area (Å²) in [5.41, 5.74) is 5.10. The zero-order valence-corrected chi connectivity index (χ0v) is 33.7. The molecule has 0 bridgehead atoms. The third-order valence-electron chi connectivity index (χ3n) is 7.80. The van der Waals surface area contributed by atoms with Crippen LogP contribution in [0.25, 0.3) is 0 Å². The minimum absolute atomic E-state index is 0. The van der Waals surface area contributed by atoms with Crippen LogP contribution in [0.1, 0.15) is 64.1 Å². The maximum atomic E-state index is 4.95. The van der Waals surface area contributed by atoms with E-state index >= 15 is 0 Å². The fourth-order valence-corrected chi connectivity index (χ4v) is 16.2. The van der Waals surface area contributed by atoms with E-state index in [2.05, 4.69) is 120 Å². The van der Waals surface area contributed by atoms with E-state index in [9.17, 15) is 0 Å². The van der Waals surface area contributed by atoms with Crippen LogP contribution in [0.2, 0.25) is 39.3 Å². The van der Waals surface area contributed by atoms with Crippen molar-refractivity contribution in [2.24, 2.45) is 0 Å². The van der Waals surface area contributed by atoms with Crippen molar-refractivity contribution in [3.8, 4) is 0 Å². The molecule has 4 aromatic rings. The average Bonchev–Trinajstić information content (AvgIpc) is 3.58. The molecule has 0 saturated carbocycles. The van der Waals surface area contributed by atoms with Crippen molar-refractivity contribution in [3.05, 3.63) is 108 Å². The Kier molecular flexibility index (Phi) is 12.8. The summed E-state index contributed by atoms with van der Waals surface area (Å²) in [6.07, 6.45) is 4.99. The minimum atomic E-state index is -1.68. The Labute approximate surface area is 279 Å². The fraction of sp³-hybridized carbons (Fsp3) is 0.444. The zero-order chi connectivity index (χ0) is 31.6. The molecular formula is C36H54FeN2P2Si2-6. The molecule has 0 aliphatic heterocycles. The summed E-state index contributed by atoms with van der Waals surface area (Å²) in [6.45, 7) is 29.9. The number of nitrogens with zero attached hydrogens (tertiary/aromatic N) is 2. The second kappa shape index (κ2) is 14.5. The Morgan fingerprint density at radius 3 is 1.44 bits per heavy atom. The van der Waals surface area contributed by atoms with Crippen molar-refractivity contribution >= 4 is 43.7 Å². The largest absolute Gasteiger partial charge is 0.748 e. The number of hydrogen-bond donors (Lipinski definition) is 0. The van der Waals surface area contributed by atoms with Crippen molar-refractivity contribution in [1.29, 1.82) is 0 Å². The van der Waals surface area contributed by atoms with Gasteiger partial charge in [0.2, 0.25) is 0 Å². The van der Waals surface area contributed by atoms with Crippen molar-refractivity contribution in [3.63, 3.8) is 0 Å². The fourth-order valence-electron chi connectivity index (χ4n) is 6.12. The minimum Gasteiger partial charge on any atom is -0.748 e. The van der Waals surface area contributed by atoms with Crippen LogP contribution in [0.3, 0.4) is 0 Å². The molecule has 0 aliphatic rings. The SMILES string of the molecule is CC(C)(C)P(C[c-]1c(C(P)(c2ccccn2)c2ccccn2)cc([Si](C)(C)C)c1[Si](C)(C)C)C(C)(C)C.[Fe].[cH-]1[cH-][cH-][cH-][cH-]1. The maximum absolute atomic E-state index is 4.95. The molecule has 1 atom stereocenters. The zero-order valence-electron chi connectivity index (χ0n) is 28.6. The average molecular weight is 689 g/mol. The molecule has 0 radical (unpaired) electrons. The first kappa shape index (κ1) is 38.0. The van der Waals surface area contributed by atoms with Crippen LogP contribution in [0.15, 0.2) is 85.2 Å². The summed E-state index contributed by atoms with van der Waals surface area (Å²) in [6, 6.07) is 25.2. The molecule has 0 spiro atoms. The van der Waals surface area contributed by atoms with Crippen LogP contribution in [-0.2, 0) is 28.4 Å². The van der Waals surface area contributed by atoms with Crippen LogP contribution >= 0.6 is 17.2 Å². The molecule has 0 fully saturated rings. The molecule has 2 heterocycles. The van der Waals surface area contributed by atoms with Gasteiger partial charge in [-0.05, 0) is 34.6 Å². The first-order chi connectivity index (χ1) is 19.3. The number of rotatable bonds is 7. The van der Waals surface area contributed by atoms with Crippen molar-refractivity contribution in [2.75, 3.05) is 0 Å². The van der Waals surface area contributed by atoms with Crippen LogP contribution in [-0.4, -0.2) is 36.4 Å². The van der Waals surface area contributed by atoms with Crippen molar-refractivity contribution in [2.45, 2.75) is 102 Å². The molecule has 0 aliphatic carbocycles. The first-order valence-electron chi connectivity index (χ1n) is 15.2. The molecule has 0 amide bonds. The van der Waals surface area contributed by atoms with E-state index in [0.717, 1.165) is 17.5 Å². The molecule has 0 N–H and O–H groups in total. The van der Waals surface area contributed by atoms with Crippen molar-refractivity contribution < 1.29 is 17.1 Å². The van der Waals surface area contributed by atoms with Gasteiger partial charge < -0.3 is 30.3 Å². The summed E-state index contributed by atoms with van der Waals surface area (Å²) in [4.78, 5) is 9.90. The van der Waals surface area contributed by atoms with E-state index in [4.69, 9.17) is 9.97 Å². The van der Waals surface area contributed by atoms with Crippen molar-refractivity contribution in [1.82, 2.24) is 9.97 Å². The van der Waals surface area contributed by atoms with Gasteiger partial charge in [-0.25, -0.2) is 11.3 Å². The topological polar surface area (TPSA) is 25.8 Å². The Morgan fingerprint density at radius 2 is 1.14 bits per heavy atom. The summed E-state index contributed by atoms with van der Waals surface area (Å²) in [5.74, 6) is 0. The second-order valence-electron chi connectivity index (χ2n) is 15.5. The number of aromatic nitrogens is 2. The van der Waals surface area contributed by atoms with E-state index in [1.807, 2.05) is 54.9 Å². The van der Waals surface area contributed by atoms with Gasteiger partial charge in [0.15, 0.2) is 0 Å². The second-order valence-corrected chi connectivity index (χ2v) is 30.2. The molecular weight excluding hydrogens is 634 g/mol. The number of pyridine rings is 2. The maximum Gasteiger partial charge on any atom is 0.0709 e. The smallest absolute Gasteiger partial charge is 0.0709 e. The van der Waals surface area contributed by atoms with Gasteiger partial charge in [0.05, 0.1) is 24.6 Å². The normalized spacial score (nSPS) is 12.9. The number of hydrogen-bond acceptors (Lipinski definition) is 2. The van der Waals surface area contributed by atoms with E-state index in [1.54, 1.807) is 15.9 Å². The summed E-state index contributed by atoms with van der Waals surface area (Å²) >= 11 is 0. The Balaban J connectivity index is 0.000000973. The molecule has 1 unspecified atom stereocenters. The van der Waals surface area contributed by atoms with Gasteiger partial charge in [-0.3, -0.25) is 9.97 Å². The monoisotopic (exact) mass is 688 g/mol. The molecule has 0 saturated heterocycles. The molecule has 7 heteroatoms. The Bertz CT molecular complexity index is 1320. The molecule has 4 rings (SSSR count). The van der Waals surface area contributed by atoms with E-state index in [1.165, 1.54) is 5.56 Å². The predicted octanol–water partition coefficient (Wildman–Crippen LogP) is 9.43. The molecule has 2 nitrogen and oxygen atoms in total. The van der Waals surface area contributed by atoms with Crippen LogP contribution in [0, 0.1) is 0 Å².